The highest BCUT2D eigenvalue weighted by Crippen LogP contribution is 2.67. The fourth-order valence-corrected chi connectivity index (χ4v) is 9.60. The van der Waals surface area contributed by atoms with Crippen LogP contribution in [-0.2, 0) is 0 Å². The minimum atomic E-state index is 0.533. The van der Waals surface area contributed by atoms with Crippen LogP contribution >= 0.6 is 0 Å². The summed E-state index contributed by atoms with van der Waals surface area (Å²) >= 11 is 0. The molecule has 0 bridgehead atoms. The van der Waals surface area contributed by atoms with Crippen molar-refractivity contribution in [3.63, 3.8) is 0 Å². The lowest BCUT2D eigenvalue weighted by molar-refractivity contribution is -0.0885. The van der Waals surface area contributed by atoms with E-state index in [1.807, 2.05) is 26.8 Å². The van der Waals surface area contributed by atoms with Crippen LogP contribution < -0.4 is 0 Å². The Labute approximate surface area is 212 Å². The van der Waals surface area contributed by atoms with Crippen LogP contribution in [0.2, 0.25) is 0 Å². The lowest BCUT2D eigenvalue weighted by Crippen LogP contribution is -2.50. The lowest BCUT2D eigenvalue weighted by Gasteiger charge is -2.58. The summed E-state index contributed by atoms with van der Waals surface area (Å²) in [6, 6.07) is 2.21. The highest BCUT2D eigenvalue weighted by molar-refractivity contribution is 5.83. The zero-order chi connectivity index (χ0) is 25.1. The van der Waals surface area contributed by atoms with Crippen molar-refractivity contribution in [3.05, 3.63) is 11.6 Å². The molecule has 0 aliphatic heterocycles. The molecule has 4 aliphatic rings. The van der Waals surface area contributed by atoms with Crippen LogP contribution in [0, 0.1) is 69.5 Å². The molecule has 2 heteroatoms. The average Bonchev–Trinajstić information content (AvgIpc) is 3.10. The number of allylic oxidation sites excluding steroid dienone is 2. The second kappa shape index (κ2) is 11.3. The van der Waals surface area contributed by atoms with Gasteiger partial charge in [0.15, 0.2) is 0 Å². The van der Waals surface area contributed by atoms with E-state index >= 15 is 0 Å². The number of rotatable bonds is 5. The molecule has 0 aromatic heterocycles. The molecule has 192 valence electrons. The van der Waals surface area contributed by atoms with Crippen LogP contribution in [0.15, 0.2) is 16.6 Å². The van der Waals surface area contributed by atoms with Gasteiger partial charge in [0.05, 0.1) is 5.57 Å². The first-order chi connectivity index (χ1) is 16.2. The first-order valence-electron chi connectivity index (χ1n) is 14.8. The first kappa shape index (κ1) is 27.5. The van der Waals surface area contributed by atoms with E-state index in [-0.39, 0.29) is 0 Å². The minimum absolute atomic E-state index is 0.533. The molecule has 0 radical (unpaired) electrons. The molecule has 4 rings (SSSR count). The number of nitriles is 1. The third-order valence-corrected chi connectivity index (χ3v) is 10.9. The zero-order valence-corrected chi connectivity index (χ0v) is 23.7. The Morgan fingerprint density at radius 1 is 1.06 bits per heavy atom. The van der Waals surface area contributed by atoms with Crippen molar-refractivity contribution in [3.8, 4) is 6.07 Å². The van der Waals surface area contributed by atoms with Gasteiger partial charge in [0.25, 0.3) is 0 Å². The zero-order valence-electron chi connectivity index (χ0n) is 23.7. The van der Waals surface area contributed by atoms with Crippen LogP contribution in [0.4, 0.5) is 0 Å². The first-order valence-corrected chi connectivity index (χ1v) is 14.8. The van der Waals surface area contributed by atoms with Gasteiger partial charge in [-0.25, -0.2) is 0 Å². The number of nitrogens with zero attached hydrogens (tertiary/aromatic N) is 2. The van der Waals surface area contributed by atoms with E-state index in [1.165, 1.54) is 51.4 Å². The van der Waals surface area contributed by atoms with Gasteiger partial charge in [0.1, 0.15) is 6.07 Å². The average molecular weight is 467 g/mol. The second-order valence-corrected chi connectivity index (χ2v) is 13.3. The molecule has 4 fully saturated rings. The lowest BCUT2D eigenvalue weighted by atomic mass is 9.47. The van der Waals surface area contributed by atoms with Crippen molar-refractivity contribution >= 4 is 6.21 Å². The Balaban J connectivity index is 0.00000158. The highest BCUT2D eigenvalue weighted by atomic mass is 14.7. The van der Waals surface area contributed by atoms with Gasteiger partial charge in [-0.05, 0) is 123 Å². The van der Waals surface area contributed by atoms with Crippen molar-refractivity contribution in [1.82, 2.24) is 0 Å². The predicted molar refractivity (Wildman–Crippen MR) is 147 cm³/mol. The Hall–Kier alpha value is -1.10. The van der Waals surface area contributed by atoms with Gasteiger partial charge in [-0.2, -0.15) is 5.26 Å². The number of hydrogen-bond acceptors (Lipinski definition) is 2. The van der Waals surface area contributed by atoms with Crippen molar-refractivity contribution in [2.75, 3.05) is 6.54 Å². The van der Waals surface area contributed by atoms with Gasteiger partial charge >= 0.3 is 0 Å². The van der Waals surface area contributed by atoms with Crippen LogP contribution in [0.3, 0.4) is 0 Å². The smallest absolute Gasteiger partial charge is 0.100 e. The summed E-state index contributed by atoms with van der Waals surface area (Å²) in [5, 5.41) is 9.08. The molecule has 9 atom stereocenters. The standard InChI is InChI=1S/C30H48N2.C2H6/c1-7-22(18-31)19-32-15-12-20(2)27-16-21(3)28-26-9-8-23-17-29(4,5)13-10-24(23)25(26)11-14-30(27,28)6;1-2/h7,19-21,23-28H,8-17H2,1-6H3;1-2H3/b22-7-,32-19?;/t20-,21+,23?,24?,25+,26?,27+,28-,30?;/m0./s1. The Kier molecular flexibility index (Phi) is 9.14. The molecule has 0 aromatic carbocycles. The summed E-state index contributed by atoms with van der Waals surface area (Å²) in [5.74, 6) is 7.47. The maximum Gasteiger partial charge on any atom is 0.100 e. The maximum absolute atomic E-state index is 9.08. The number of hydrogen-bond donors (Lipinski definition) is 0. The second-order valence-electron chi connectivity index (χ2n) is 13.3. The summed E-state index contributed by atoms with van der Waals surface area (Å²) in [5.41, 5.74) is 1.80. The summed E-state index contributed by atoms with van der Waals surface area (Å²) in [6.07, 6.45) is 16.6. The molecule has 0 amide bonds. The van der Waals surface area contributed by atoms with E-state index in [0.29, 0.717) is 16.4 Å². The molecular weight excluding hydrogens is 412 g/mol. The molecule has 0 N–H and O–H groups in total. The molecule has 0 saturated heterocycles. The Morgan fingerprint density at radius 3 is 2.44 bits per heavy atom. The molecule has 34 heavy (non-hydrogen) atoms. The van der Waals surface area contributed by atoms with Gasteiger partial charge < -0.3 is 0 Å². The third kappa shape index (κ3) is 5.34. The van der Waals surface area contributed by atoms with Crippen LogP contribution in [0.1, 0.15) is 113 Å². The van der Waals surface area contributed by atoms with Gasteiger partial charge in [0, 0.05) is 12.8 Å². The van der Waals surface area contributed by atoms with Crippen LogP contribution in [0.25, 0.3) is 0 Å². The monoisotopic (exact) mass is 466 g/mol. The topological polar surface area (TPSA) is 36.1 Å². The third-order valence-electron chi connectivity index (χ3n) is 10.9. The van der Waals surface area contributed by atoms with Crippen molar-refractivity contribution < 1.29 is 0 Å². The summed E-state index contributed by atoms with van der Waals surface area (Å²) < 4.78 is 0. The largest absolute Gasteiger partial charge is 0.292 e. The number of fused-ring (bicyclic) bond motifs is 5. The summed E-state index contributed by atoms with van der Waals surface area (Å²) in [6.45, 7) is 19.6. The highest BCUT2D eigenvalue weighted by Gasteiger charge is 2.60. The molecule has 0 aromatic rings. The molecule has 2 nitrogen and oxygen atoms in total. The van der Waals surface area contributed by atoms with E-state index in [4.69, 9.17) is 5.26 Å². The summed E-state index contributed by atoms with van der Waals surface area (Å²) in [7, 11) is 0. The Bertz CT molecular complexity index is 770. The summed E-state index contributed by atoms with van der Waals surface area (Å²) in [4.78, 5) is 4.58. The molecule has 0 spiro atoms. The van der Waals surface area contributed by atoms with Crippen LogP contribution in [-0.4, -0.2) is 12.8 Å². The van der Waals surface area contributed by atoms with Gasteiger partial charge in [-0.1, -0.05) is 54.5 Å². The van der Waals surface area contributed by atoms with E-state index < -0.39 is 0 Å². The van der Waals surface area contributed by atoms with Crippen LogP contribution in [0.5, 0.6) is 0 Å². The van der Waals surface area contributed by atoms with Gasteiger partial charge in [0.2, 0.25) is 0 Å². The van der Waals surface area contributed by atoms with E-state index in [9.17, 15) is 0 Å². The SMILES string of the molecule is C/C=C(/C#N)C=NCC[C@H](C)[C@H]1C[C@@H](C)[C@H]2C3CCC4CC(C)(C)CCC4[C@H]3CCC12C.CC. The molecule has 4 unspecified atom stereocenters. The molecule has 0 heterocycles. The fourth-order valence-electron chi connectivity index (χ4n) is 9.60. The molecule has 4 saturated carbocycles. The number of aliphatic imine (C=N–C) groups is 1. The normalized spacial score (nSPS) is 42.0. The maximum atomic E-state index is 9.08. The van der Waals surface area contributed by atoms with Crippen molar-refractivity contribution in [1.29, 1.82) is 5.26 Å². The molecule has 4 aliphatic carbocycles. The van der Waals surface area contributed by atoms with E-state index in [0.717, 1.165) is 60.3 Å². The van der Waals surface area contributed by atoms with Crippen molar-refractivity contribution in [2.45, 2.75) is 113 Å². The minimum Gasteiger partial charge on any atom is -0.292 e. The van der Waals surface area contributed by atoms with Crippen molar-refractivity contribution in [2.24, 2.45) is 63.2 Å². The fraction of sp³-hybridized carbons (Fsp3) is 0.875. The quantitative estimate of drug-likeness (QED) is 0.294. The van der Waals surface area contributed by atoms with Gasteiger partial charge in [-0.15, -0.1) is 0 Å². The van der Waals surface area contributed by atoms with E-state index in [2.05, 4.69) is 45.7 Å². The predicted octanol–water partition coefficient (Wildman–Crippen LogP) is 9.12. The van der Waals surface area contributed by atoms with Gasteiger partial charge in [-0.3, -0.25) is 4.99 Å². The Morgan fingerprint density at radius 2 is 1.76 bits per heavy atom. The van der Waals surface area contributed by atoms with E-state index in [1.54, 1.807) is 6.21 Å². The molecular formula is C32H54N2.